The van der Waals surface area contributed by atoms with E-state index in [1.54, 1.807) is 23.7 Å². The first kappa shape index (κ1) is 14.6. The molecule has 0 aromatic carbocycles. The summed E-state index contributed by atoms with van der Waals surface area (Å²) in [5.74, 6) is -1.44. The van der Waals surface area contributed by atoms with Crippen molar-refractivity contribution in [2.75, 3.05) is 20.2 Å². The van der Waals surface area contributed by atoms with Gasteiger partial charge in [0.1, 0.15) is 12.2 Å². The molecule has 0 saturated heterocycles. The van der Waals surface area contributed by atoms with Crippen LogP contribution in [0.5, 0.6) is 0 Å². The molecule has 8 nitrogen and oxygen atoms in total. The van der Waals surface area contributed by atoms with E-state index >= 15 is 0 Å². The van der Waals surface area contributed by atoms with Gasteiger partial charge in [-0.2, -0.15) is 0 Å². The van der Waals surface area contributed by atoms with Gasteiger partial charge in [0.2, 0.25) is 5.91 Å². The third-order valence-corrected chi connectivity index (χ3v) is 2.96. The maximum Gasteiger partial charge on any atom is 0.325 e. The largest absolute Gasteiger partial charge is 0.468 e. The van der Waals surface area contributed by atoms with Crippen molar-refractivity contribution in [3.63, 3.8) is 0 Å². The zero-order chi connectivity index (χ0) is 15.4. The molecule has 112 valence electrons. The fourth-order valence-corrected chi connectivity index (χ4v) is 1.82. The number of furan rings is 1. The Hall–Kier alpha value is -2.77. The molecule has 0 saturated carbocycles. The molecule has 2 aromatic heterocycles. The Balaban J connectivity index is 1.89. The first-order valence-electron chi connectivity index (χ1n) is 6.17. The van der Waals surface area contributed by atoms with Gasteiger partial charge in [0.05, 0.1) is 25.4 Å². The molecule has 0 aliphatic heterocycles. The van der Waals surface area contributed by atoms with E-state index in [1.165, 1.54) is 13.4 Å². The molecule has 0 unspecified atom stereocenters. The summed E-state index contributed by atoms with van der Waals surface area (Å²) in [5, 5.41) is 4.79. The quantitative estimate of drug-likeness (QED) is 0.743. The minimum atomic E-state index is -0.558. The van der Waals surface area contributed by atoms with Crippen LogP contribution in [0.1, 0.15) is 10.5 Å². The predicted molar refractivity (Wildman–Crippen MR) is 72.5 cm³/mol. The normalized spacial score (nSPS) is 10.4. The van der Waals surface area contributed by atoms with Crippen LogP contribution < -0.4 is 10.6 Å². The van der Waals surface area contributed by atoms with E-state index in [1.807, 2.05) is 0 Å². The minimum Gasteiger partial charge on any atom is -0.468 e. The monoisotopic (exact) mass is 293 g/mol. The van der Waals surface area contributed by atoms with Crippen LogP contribution in [0.25, 0.3) is 11.1 Å². The van der Waals surface area contributed by atoms with Crippen LogP contribution in [0.3, 0.4) is 0 Å². The molecule has 0 aliphatic carbocycles. The van der Waals surface area contributed by atoms with Gasteiger partial charge in [-0.1, -0.05) is 0 Å². The van der Waals surface area contributed by atoms with Gasteiger partial charge >= 0.3 is 5.97 Å². The lowest BCUT2D eigenvalue weighted by molar-refractivity contribution is -0.141. The van der Waals surface area contributed by atoms with E-state index < -0.39 is 17.8 Å². The van der Waals surface area contributed by atoms with Crippen LogP contribution in [-0.4, -0.2) is 42.6 Å². The highest BCUT2D eigenvalue weighted by Crippen LogP contribution is 2.19. The molecule has 2 amide bonds. The van der Waals surface area contributed by atoms with E-state index in [4.69, 9.17) is 4.42 Å². The molecule has 2 N–H and O–H groups in total. The summed E-state index contributed by atoms with van der Waals surface area (Å²) >= 11 is 0. The summed E-state index contributed by atoms with van der Waals surface area (Å²) in [5.41, 5.74) is 1.76. The zero-order valence-electron chi connectivity index (χ0n) is 11.6. The summed E-state index contributed by atoms with van der Waals surface area (Å²) in [6.07, 6.45) is 1.53. The Labute approximate surface area is 120 Å². The van der Waals surface area contributed by atoms with Gasteiger partial charge in [-0.3, -0.25) is 14.4 Å². The number of fused-ring (bicyclic) bond motifs is 1. The standard InChI is InChI=1S/C13H15N3O5/c1-16-8-3-4-21-10(8)5-9(16)13(19)15-6-11(17)14-7-12(18)20-2/h3-5H,6-7H2,1-2H3,(H,14,17)(H,15,19). The number of esters is 1. The molecule has 0 aliphatic rings. The van der Waals surface area contributed by atoms with Crippen molar-refractivity contribution in [3.05, 3.63) is 24.1 Å². The Morgan fingerprint density at radius 3 is 2.71 bits per heavy atom. The van der Waals surface area contributed by atoms with Gasteiger partial charge in [-0.15, -0.1) is 0 Å². The third kappa shape index (κ3) is 3.22. The number of aryl methyl sites for hydroxylation is 1. The zero-order valence-corrected chi connectivity index (χ0v) is 11.6. The lowest BCUT2D eigenvalue weighted by atomic mass is 10.4. The second kappa shape index (κ2) is 6.12. The van der Waals surface area contributed by atoms with Crippen molar-refractivity contribution < 1.29 is 23.5 Å². The number of amides is 2. The highest BCUT2D eigenvalue weighted by molar-refractivity contribution is 5.99. The molecule has 2 heterocycles. The van der Waals surface area contributed by atoms with Crippen LogP contribution in [0.4, 0.5) is 0 Å². The van der Waals surface area contributed by atoms with Gasteiger partial charge in [0.25, 0.3) is 5.91 Å². The number of aromatic nitrogens is 1. The van der Waals surface area contributed by atoms with Gasteiger partial charge in [0, 0.05) is 19.2 Å². The Kier molecular flexibility index (Phi) is 4.27. The number of methoxy groups -OCH3 is 1. The molecule has 21 heavy (non-hydrogen) atoms. The van der Waals surface area contributed by atoms with Gasteiger partial charge < -0.3 is 24.4 Å². The topological polar surface area (TPSA) is 103 Å². The summed E-state index contributed by atoms with van der Waals surface area (Å²) in [6.45, 7) is -0.468. The van der Waals surface area contributed by atoms with E-state index in [0.717, 1.165) is 5.52 Å². The number of ether oxygens (including phenoxy) is 1. The molecule has 8 heteroatoms. The van der Waals surface area contributed by atoms with Crippen molar-refractivity contribution in [3.8, 4) is 0 Å². The van der Waals surface area contributed by atoms with Crippen LogP contribution in [0.2, 0.25) is 0 Å². The molecule has 0 radical (unpaired) electrons. The van der Waals surface area contributed by atoms with Crippen LogP contribution in [0.15, 0.2) is 22.8 Å². The van der Waals surface area contributed by atoms with Crippen molar-refractivity contribution in [1.82, 2.24) is 15.2 Å². The molecule has 0 bridgehead atoms. The highest BCUT2D eigenvalue weighted by Gasteiger charge is 2.15. The summed E-state index contributed by atoms with van der Waals surface area (Å²) in [7, 11) is 2.95. The smallest absolute Gasteiger partial charge is 0.325 e. The van der Waals surface area contributed by atoms with Crippen molar-refractivity contribution in [2.45, 2.75) is 0 Å². The minimum absolute atomic E-state index is 0.234. The Morgan fingerprint density at radius 1 is 1.29 bits per heavy atom. The van der Waals surface area contributed by atoms with Crippen LogP contribution in [0, 0.1) is 0 Å². The molecule has 2 rings (SSSR count). The first-order chi connectivity index (χ1) is 10.0. The highest BCUT2D eigenvalue weighted by atomic mass is 16.5. The summed E-state index contributed by atoms with van der Waals surface area (Å²) in [6, 6.07) is 3.34. The maximum absolute atomic E-state index is 12.0. The lowest BCUT2D eigenvalue weighted by Gasteiger charge is -2.07. The molecule has 0 atom stereocenters. The van der Waals surface area contributed by atoms with Crippen LogP contribution in [-0.2, 0) is 21.4 Å². The molecular weight excluding hydrogens is 278 g/mol. The Morgan fingerprint density at radius 2 is 2.05 bits per heavy atom. The van der Waals surface area contributed by atoms with Crippen molar-refractivity contribution >= 4 is 28.9 Å². The molecule has 0 fully saturated rings. The molecule has 2 aromatic rings. The third-order valence-electron chi connectivity index (χ3n) is 2.96. The first-order valence-corrected chi connectivity index (χ1v) is 6.17. The summed E-state index contributed by atoms with van der Waals surface area (Å²) in [4.78, 5) is 34.3. The number of hydrogen-bond donors (Lipinski definition) is 2. The average Bonchev–Trinajstić information content (AvgIpc) is 3.05. The van der Waals surface area contributed by atoms with Gasteiger partial charge in [-0.05, 0) is 0 Å². The molecule has 0 spiro atoms. The van der Waals surface area contributed by atoms with E-state index in [9.17, 15) is 14.4 Å². The SMILES string of the molecule is COC(=O)CNC(=O)CNC(=O)c1cc2occc2n1C. The van der Waals surface area contributed by atoms with E-state index in [2.05, 4.69) is 15.4 Å². The molecular formula is C13H15N3O5. The second-order valence-electron chi connectivity index (χ2n) is 4.29. The van der Waals surface area contributed by atoms with Crippen molar-refractivity contribution in [2.24, 2.45) is 7.05 Å². The number of carbonyl (C=O) groups is 3. The fraction of sp³-hybridized carbons (Fsp3) is 0.308. The van der Waals surface area contributed by atoms with E-state index in [0.29, 0.717) is 11.3 Å². The number of hydrogen-bond acceptors (Lipinski definition) is 5. The van der Waals surface area contributed by atoms with E-state index in [-0.39, 0.29) is 13.1 Å². The van der Waals surface area contributed by atoms with Gasteiger partial charge in [0.15, 0.2) is 5.58 Å². The summed E-state index contributed by atoms with van der Waals surface area (Å²) < 4.78 is 11.2. The van der Waals surface area contributed by atoms with Crippen LogP contribution >= 0.6 is 0 Å². The second-order valence-corrected chi connectivity index (χ2v) is 4.29. The van der Waals surface area contributed by atoms with Crippen molar-refractivity contribution in [1.29, 1.82) is 0 Å². The van der Waals surface area contributed by atoms with Gasteiger partial charge in [-0.25, -0.2) is 0 Å². The number of nitrogens with one attached hydrogen (secondary N) is 2. The fourth-order valence-electron chi connectivity index (χ4n) is 1.82. The average molecular weight is 293 g/mol. The Bertz CT molecular complexity index is 685. The number of rotatable bonds is 5. The predicted octanol–water partition coefficient (Wildman–Crippen LogP) is -0.210. The maximum atomic E-state index is 12.0. The number of carbonyl (C=O) groups excluding carboxylic acids is 3. The number of nitrogens with zero attached hydrogens (tertiary/aromatic N) is 1. The lowest BCUT2D eigenvalue weighted by Crippen LogP contribution is -2.39.